The number of hydrogen-bond donors (Lipinski definition) is 0. The largest absolute Gasteiger partial charge is 0.493 e. The lowest BCUT2D eigenvalue weighted by Crippen LogP contribution is -2.44. The molecule has 0 heterocycles. The molecule has 1 aliphatic rings. The Labute approximate surface area is 147 Å². The SMILES string of the molecule is COc1cc(COC(=O)C2(O[C]=O)CCCCC2)cc(OC)c1OC. The predicted molar refractivity (Wildman–Crippen MR) is 88.5 cm³/mol. The van der Waals surface area contributed by atoms with Crippen LogP contribution < -0.4 is 14.2 Å². The van der Waals surface area contributed by atoms with Crippen molar-refractivity contribution in [2.24, 2.45) is 0 Å². The van der Waals surface area contributed by atoms with Crippen molar-refractivity contribution in [3.63, 3.8) is 0 Å². The Morgan fingerprint density at radius 1 is 1.04 bits per heavy atom. The smallest absolute Gasteiger partial charge is 0.418 e. The molecule has 0 aromatic heterocycles. The van der Waals surface area contributed by atoms with Gasteiger partial charge in [0.05, 0.1) is 21.3 Å². The molecule has 137 valence electrons. The minimum absolute atomic E-state index is 0.000481. The third kappa shape index (κ3) is 4.15. The van der Waals surface area contributed by atoms with Crippen LogP contribution in [0.2, 0.25) is 0 Å². The number of hydrogen-bond acceptors (Lipinski definition) is 7. The van der Waals surface area contributed by atoms with E-state index in [4.69, 9.17) is 23.7 Å². The number of benzene rings is 1. The monoisotopic (exact) mass is 351 g/mol. The van der Waals surface area contributed by atoms with Crippen LogP contribution in [0.5, 0.6) is 17.2 Å². The maximum atomic E-state index is 12.5. The van der Waals surface area contributed by atoms with Crippen molar-refractivity contribution in [1.82, 2.24) is 0 Å². The summed E-state index contributed by atoms with van der Waals surface area (Å²) in [6.45, 7) is 1.40. The highest BCUT2D eigenvalue weighted by molar-refractivity contribution is 5.81. The molecule has 1 aliphatic carbocycles. The Morgan fingerprint density at radius 3 is 2.12 bits per heavy atom. The molecule has 0 saturated heterocycles. The molecule has 0 aliphatic heterocycles. The summed E-state index contributed by atoms with van der Waals surface area (Å²) in [6, 6.07) is 3.41. The van der Waals surface area contributed by atoms with E-state index in [2.05, 4.69) is 0 Å². The van der Waals surface area contributed by atoms with E-state index in [0.717, 1.165) is 19.3 Å². The van der Waals surface area contributed by atoms with Gasteiger partial charge in [0.1, 0.15) is 6.61 Å². The van der Waals surface area contributed by atoms with Gasteiger partial charge in [-0.2, -0.15) is 0 Å². The molecule has 1 fully saturated rings. The number of carbonyl (C=O) groups excluding carboxylic acids is 2. The summed E-state index contributed by atoms with van der Waals surface area (Å²) in [5.74, 6) is 0.850. The Hall–Kier alpha value is -2.44. The topological polar surface area (TPSA) is 80.3 Å². The summed E-state index contributed by atoms with van der Waals surface area (Å²) in [6.07, 6.45) is 3.53. The molecule has 0 amide bonds. The Kier molecular flexibility index (Phi) is 6.50. The van der Waals surface area contributed by atoms with Gasteiger partial charge in [0.15, 0.2) is 11.5 Å². The number of rotatable bonds is 8. The number of ether oxygens (including phenoxy) is 5. The highest BCUT2D eigenvalue weighted by atomic mass is 16.6. The van der Waals surface area contributed by atoms with Crippen LogP contribution in [0, 0.1) is 0 Å². The standard InChI is InChI=1S/C18H23O7/c1-21-14-9-13(10-15(22-2)16(14)23-3)11-24-17(20)18(25-12-19)7-5-4-6-8-18/h9-10H,4-8,11H2,1-3H3. The second-order valence-electron chi connectivity index (χ2n) is 5.85. The minimum Gasteiger partial charge on any atom is -0.493 e. The molecule has 25 heavy (non-hydrogen) atoms. The van der Waals surface area contributed by atoms with E-state index < -0.39 is 11.6 Å². The lowest BCUT2D eigenvalue weighted by atomic mass is 9.84. The van der Waals surface area contributed by atoms with Crippen LogP contribution in [0.15, 0.2) is 12.1 Å². The number of methoxy groups -OCH3 is 3. The van der Waals surface area contributed by atoms with E-state index >= 15 is 0 Å². The molecular weight excluding hydrogens is 328 g/mol. The van der Waals surface area contributed by atoms with Gasteiger partial charge in [-0.15, -0.1) is 0 Å². The zero-order valence-corrected chi connectivity index (χ0v) is 14.8. The Morgan fingerprint density at radius 2 is 1.64 bits per heavy atom. The fourth-order valence-corrected chi connectivity index (χ4v) is 3.05. The van der Waals surface area contributed by atoms with Gasteiger partial charge in [0, 0.05) is 0 Å². The Balaban J connectivity index is 2.14. The van der Waals surface area contributed by atoms with E-state index in [-0.39, 0.29) is 6.61 Å². The van der Waals surface area contributed by atoms with Crippen LogP contribution in [-0.4, -0.2) is 39.4 Å². The van der Waals surface area contributed by atoms with Crippen LogP contribution in [0.25, 0.3) is 0 Å². The van der Waals surface area contributed by atoms with Crippen molar-refractivity contribution in [3.8, 4) is 17.2 Å². The average Bonchev–Trinajstić information content (AvgIpc) is 2.65. The quantitative estimate of drug-likeness (QED) is 0.666. The van der Waals surface area contributed by atoms with Gasteiger partial charge in [0.25, 0.3) is 0 Å². The highest BCUT2D eigenvalue weighted by Gasteiger charge is 2.43. The summed E-state index contributed by atoms with van der Waals surface area (Å²) in [5.41, 5.74) is -0.551. The van der Waals surface area contributed by atoms with Gasteiger partial charge >= 0.3 is 12.4 Å². The van der Waals surface area contributed by atoms with Crippen molar-refractivity contribution in [2.45, 2.75) is 44.3 Å². The molecular formula is C18H23O7. The third-order valence-corrected chi connectivity index (χ3v) is 4.36. The van der Waals surface area contributed by atoms with Crippen LogP contribution >= 0.6 is 0 Å². The maximum absolute atomic E-state index is 12.5. The molecule has 2 rings (SSSR count). The molecule has 0 unspecified atom stereocenters. The van der Waals surface area contributed by atoms with Crippen molar-refractivity contribution in [3.05, 3.63) is 17.7 Å². The van der Waals surface area contributed by atoms with Gasteiger partial charge in [-0.25, -0.2) is 9.59 Å². The van der Waals surface area contributed by atoms with Crippen LogP contribution in [-0.2, 0) is 25.7 Å². The van der Waals surface area contributed by atoms with Crippen molar-refractivity contribution in [1.29, 1.82) is 0 Å². The second-order valence-corrected chi connectivity index (χ2v) is 5.85. The predicted octanol–water partition coefficient (Wildman–Crippen LogP) is 2.54. The second kappa shape index (κ2) is 8.60. The van der Waals surface area contributed by atoms with Crippen molar-refractivity contribution >= 4 is 12.4 Å². The Bertz CT molecular complexity index is 580. The lowest BCUT2D eigenvalue weighted by molar-refractivity contribution is -0.168. The molecule has 0 atom stereocenters. The summed E-state index contributed by atoms with van der Waals surface area (Å²) >= 11 is 0. The summed E-state index contributed by atoms with van der Waals surface area (Å²) in [7, 11) is 4.54. The molecule has 7 heteroatoms. The van der Waals surface area contributed by atoms with Crippen LogP contribution in [0.3, 0.4) is 0 Å². The first-order chi connectivity index (χ1) is 12.1. The first-order valence-electron chi connectivity index (χ1n) is 8.11. The summed E-state index contributed by atoms with van der Waals surface area (Å²) in [5, 5.41) is 0. The molecule has 0 spiro atoms. The minimum atomic E-state index is -1.22. The molecule has 1 aromatic carbocycles. The first-order valence-corrected chi connectivity index (χ1v) is 8.11. The van der Waals surface area contributed by atoms with Gasteiger partial charge in [0.2, 0.25) is 11.4 Å². The van der Waals surface area contributed by atoms with E-state index in [9.17, 15) is 9.59 Å². The average molecular weight is 351 g/mol. The van der Waals surface area contributed by atoms with E-state index in [1.165, 1.54) is 27.8 Å². The molecule has 1 aromatic rings. The molecule has 7 nitrogen and oxygen atoms in total. The maximum Gasteiger partial charge on any atom is 0.418 e. The highest BCUT2D eigenvalue weighted by Crippen LogP contribution is 2.38. The van der Waals surface area contributed by atoms with Gasteiger partial charge in [-0.3, -0.25) is 0 Å². The fourth-order valence-electron chi connectivity index (χ4n) is 3.05. The zero-order valence-electron chi connectivity index (χ0n) is 14.8. The van der Waals surface area contributed by atoms with Crippen LogP contribution in [0.4, 0.5) is 0 Å². The zero-order chi connectivity index (χ0) is 18.3. The van der Waals surface area contributed by atoms with Crippen molar-refractivity contribution < 1.29 is 33.3 Å². The number of carbonyl (C=O) groups is 1. The molecule has 0 N–H and O–H groups in total. The first kappa shape index (κ1) is 18.9. The van der Waals surface area contributed by atoms with E-state index in [1.807, 2.05) is 0 Å². The fraction of sp³-hybridized carbons (Fsp3) is 0.556. The van der Waals surface area contributed by atoms with Gasteiger partial charge < -0.3 is 23.7 Å². The summed E-state index contributed by atoms with van der Waals surface area (Å²) < 4.78 is 26.2. The third-order valence-electron chi connectivity index (χ3n) is 4.36. The lowest BCUT2D eigenvalue weighted by Gasteiger charge is -2.32. The molecule has 1 saturated carbocycles. The molecule has 1 radical (unpaired) electrons. The van der Waals surface area contributed by atoms with E-state index in [1.54, 1.807) is 12.1 Å². The van der Waals surface area contributed by atoms with Gasteiger partial charge in [-0.05, 0) is 43.4 Å². The number of esters is 1. The summed E-state index contributed by atoms with van der Waals surface area (Å²) in [4.78, 5) is 23.2. The normalized spacial score (nSPS) is 15.8. The van der Waals surface area contributed by atoms with Gasteiger partial charge in [-0.1, -0.05) is 6.42 Å². The van der Waals surface area contributed by atoms with E-state index in [0.29, 0.717) is 35.7 Å². The molecule has 0 bridgehead atoms. The van der Waals surface area contributed by atoms with Crippen molar-refractivity contribution in [2.75, 3.05) is 21.3 Å². The van der Waals surface area contributed by atoms with Crippen LogP contribution in [0.1, 0.15) is 37.7 Å².